The van der Waals surface area contributed by atoms with Gasteiger partial charge < -0.3 is 0 Å². The standard InChI is InChI=1S/C30H57FO2/c1-3-5-7-9-11-13-15-16-17-18-20-22-24-26-28-29(30(32)33-31)27-25-23-21-19-14-12-10-8-6-4-2/h16-17,29H,3-15,18-28H2,1-2H3/b17-16-. The van der Waals surface area contributed by atoms with Gasteiger partial charge >= 0.3 is 5.97 Å². The third kappa shape index (κ3) is 24.1. The van der Waals surface area contributed by atoms with Crippen molar-refractivity contribution in [3.8, 4) is 0 Å². The van der Waals surface area contributed by atoms with Crippen LogP contribution in [0.3, 0.4) is 0 Å². The minimum absolute atomic E-state index is 0.249. The minimum atomic E-state index is -0.649. The van der Waals surface area contributed by atoms with E-state index in [0.29, 0.717) is 0 Å². The molecule has 0 heterocycles. The molecule has 0 aromatic carbocycles. The molecule has 0 spiro atoms. The monoisotopic (exact) mass is 468 g/mol. The average molecular weight is 469 g/mol. The third-order valence-corrected chi connectivity index (χ3v) is 6.88. The van der Waals surface area contributed by atoms with Gasteiger partial charge in [0.15, 0.2) is 0 Å². The summed E-state index contributed by atoms with van der Waals surface area (Å²) >= 11 is 0. The molecule has 0 aliphatic rings. The van der Waals surface area contributed by atoms with Gasteiger partial charge in [-0.05, 0) is 38.5 Å². The summed E-state index contributed by atoms with van der Waals surface area (Å²) in [6, 6.07) is 0. The second-order valence-corrected chi connectivity index (χ2v) is 10.1. The first-order valence-corrected chi connectivity index (χ1v) is 14.7. The molecule has 0 amide bonds. The van der Waals surface area contributed by atoms with Gasteiger partial charge in [-0.3, -0.25) is 4.94 Å². The van der Waals surface area contributed by atoms with Gasteiger partial charge in [0, 0.05) is 4.53 Å². The van der Waals surface area contributed by atoms with E-state index >= 15 is 0 Å². The van der Waals surface area contributed by atoms with Crippen LogP contribution in [0.1, 0.15) is 168 Å². The van der Waals surface area contributed by atoms with Crippen molar-refractivity contribution in [1.82, 2.24) is 0 Å². The van der Waals surface area contributed by atoms with Crippen LogP contribution in [-0.2, 0) is 9.74 Å². The molecule has 1 unspecified atom stereocenters. The van der Waals surface area contributed by atoms with Crippen LogP contribution in [0.4, 0.5) is 4.53 Å². The second kappa shape index (κ2) is 27.4. The maximum absolute atomic E-state index is 12.5. The summed E-state index contributed by atoms with van der Waals surface area (Å²) in [5, 5.41) is 0. The lowest BCUT2D eigenvalue weighted by Crippen LogP contribution is -2.15. The minimum Gasteiger partial charge on any atom is -0.255 e. The topological polar surface area (TPSA) is 26.3 Å². The van der Waals surface area contributed by atoms with E-state index in [1.807, 2.05) is 0 Å². The van der Waals surface area contributed by atoms with E-state index < -0.39 is 5.97 Å². The third-order valence-electron chi connectivity index (χ3n) is 6.88. The van der Waals surface area contributed by atoms with Gasteiger partial charge in [-0.15, -0.1) is 0 Å². The van der Waals surface area contributed by atoms with Crippen LogP contribution in [0.5, 0.6) is 0 Å². The fraction of sp³-hybridized carbons (Fsp3) is 0.900. The van der Waals surface area contributed by atoms with Crippen LogP contribution >= 0.6 is 0 Å². The average Bonchev–Trinajstić information content (AvgIpc) is 2.83. The van der Waals surface area contributed by atoms with Crippen LogP contribution < -0.4 is 0 Å². The zero-order valence-corrected chi connectivity index (χ0v) is 22.4. The van der Waals surface area contributed by atoms with Gasteiger partial charge in [0.25, 0.3) is 0 Å². The largest absolute Gasteiger partial charge is 0.351 e. The van der Waals surface area contributed by atoms with E-state index in [-0.39, 0.29) is 5.92 Å². The number of carbonyl (C=O) groups is 1. The predicted molar refractivity (Wildman–Crippen MR) is 142 cm³/mol. The Morgan fingerprint density at radius 1 is 0.576 bits per heavy atom. The molecule has 0 aromatic heterocycles. The highest BCUT2D eigenvalue weighted by Crippen LogP contribution is 2.21. The second-order valence-electron chi connectivity index (χ2n) is 10.1. The molecular weight excluding hydrogens is 411 g/mol. The van der Waals surface area contributed by atoms with Crippen molar-refractivity contribution in [2.24, 2.45) is 5.92 Å². The summed E-state index contributed by atoms with van der Waals surface area (Å²) in [4.78, 5) is 15.3. The van der Waals surface area contributed by atoms with Crippen molar-refractivity contribution in [1.29, 1.82) is 0 Å². The number of carbonyl (C=O) groups excluding carboxylic acids is 1. The Kier molecular flexibility index (Phi) is 26.7. The zero-order valence-electron chi connectivity index (χ0n) is 22.4. The van der Waals surface area contributed by atoms with Crippen LogP contribution in [0.25, 0.3) is 0 Å². The molecule has 33 heavy (non-hydrogen) atoms. The van der Waals surface area contributed by atoms with E-state index in [4.69, 9.17) is 0 Å². The number of hydrogen-bond acceptors (Lipinski definition) is 2. The van der Waals surface area contributed by atoms with Crippen molar-refractivity contribution < 1.29 is 14.3 Å². The van der Waals surface area contributed by atoms with E-state index in [1.165, 1.54) is 109 Å². The lowest BCUT2D eigenvalue weighted by atomic mass is 9.94. The van der Waals surface area contributed by atoms with E-state index in [9.17, 15) is 9.32 Å². The first-order valence-electron chi connectivity index (χ1n) is 14.7. The number of rotatable bonds is 26. The first-order chi connectivity index (χ1) is 16.3. The molecule has 2 nitrogen and oxygen atoms in total. The molecule has 0 aliphatic carbocycles. The van der Waals surface area contributed by atoms with Crippen LogP contribution in [0.15, 0.2) is 12.2 Å². The SMILES string of the molecule is CCCCCCCC/C=C\CCCCCCC(CCCCCCCCCCCC)C(=O)OF. The summed E-state index contributed by atoms with van der Waals surface area (Å²) in [6.07, 6.45) is 34.1. The Hall–Kier alpha value is -0.860. The van der Waals surface area contributed by atoms with Crippen LogP contribution in [-0.4, -0.2) is 5.97 Å². The molecule has 3 heteroatoms. The summed E-state index contributed by atoms with van der Waals surface area (Å²) in [7, 11) is 0. The van der Waals surface area contributed by atoms with Crippen molar-refractivity contribution in [2.45, 2.75) is 168 Å². The number of halogens is 1. The van der Waals surface area contributed by atoms with Crippen LogP contribution in [0.2, 0.25) is 0 Å². The van der Waals surface area contributed by atoms with Crippen LogP contribution in [0, 0.1) is 5.92 Å². The Morgan fingerprint density at radius 3 is 1.27 bits per heavy atom. The molecule has 0 bridgehead atoms. The Labute approximate surface area is 206 Å². The molecule has 0 radical (unpaired) electrons. The van der Waals surface area contributed by atoms with Gasteiger partial charge in [0.2, 0.25) is 0 Å². The Balaban J connectivity index is 3.60. The molecule has 0 aromatic rings. The molecule has 0 saturated heterocycles. The zero-order chi connectivity index (χ0) is 24.2. The fourth-order valence-corrected chi connectivity index (χ4v) is 4.61. The Morgan fingerprint density at radius 2 is 0.909 bits per heavy atom. The van der Waals surface area contributed by atoms with Gasteiger partial charge in [-0.2, -0.15) is 0 Å². The highest BCUT2D eigenvalue weighted by Gasteiger charge is 2.20. The van der Waals surface area contributed by atoms with Crippen molar-refractivity contribution in [3.05, 3.63) is 12.2 Å². The highest BCUT2D eigenvalue weighted by molar-refractivity contribution is 5.71. The lowest BCUT2D eigenvalue weighted by molar-refractivity contribution is -0.189. The predicted octanol–water partition coefficient (Wildman–Crippen LogP) is 11.0. The molecule has 0 fully saturated rings. The maximum Gasteiger partial charge on any atom is 0.351 e. The maximum atomic E-state index is 12.5. The number of hydrogen-bond donors (Lipinski definition) is 0. The molecule has 1 atom stereocenters. The molecule has 0 rings (SSSR count). The summed E-state index contributed by atoms with van der Waals surface area (Å²) in [5.74, 6) is -0.898. The van der Waals surface area contributed by atoms with Crippen molar-refractivity contribution in [3.63, 3.8) is 0 Å². The normalized spacial score (nSPS) is 12.5. The molecular formula is C30H57FO2. The molecule has 0 aliphatic heterocycles. The molecule has 0 N–H and O–H groups in total. The highest BCUT2D eigenvalue weighted by atomic mass is 19.3. The summed E-state index contributed by atoms with van der Waals surface area (Å²) in [6.45, 7) is 4.52. The van der Waals surface area contributed by atoms with Gasteiger partial charge in [0.05, 0.1) is 5.92 Å². The van der Waals surface area contributed by atoms with E-state index in [2.05, 4.69) is 30.9 Å². The van der Waals surface area contributed by atoms with E-state index in [1.54, 1.807) is 0 Å². The number of allylic oxidation sites excluding steroid dienone is 2. The smallest absolute Gasteiger partial charge is 0.255 e. The summed E-state index contributed by atoms with van der Waals surface area (Å²) < 4.78 is 12.5. The van der Waals surface area contributed by atoms with E-state index in [0.717, 1.165) is 44.9 Å². The Bertz CT molecular complexity index is 422. The fourth-order valence-electron chi connectivity index (χ4n) is 4.61. The first kappa shape index (κ1) is 32.1. The van der Waals surface area contributed by atoms with Crippen molar-refractivity contribution >= 4 is 5.97 Å². The quantitative estimate of drug-likeness (QED) is 0.0931. The lowest BCUT2D eigenvalue weighted by Gasteiger charge is -2.12. The summed E-state index contributed by atoms with van der Waals surface area (Å²) in [5.41, 5.74) is 0. The molecule has 196 valence electrons. The van der Waals surface area contributed by atoms with Gasteiger partial charge in [-0.25, -0.2) is 4.79 Å². The van der Waals surface area contributed by atoms with Crippen molar-refractivity contribution in [2.75, 3.05) is 0 Å². The number of unbranched alkanes of at least 4 members (excludes halogenated alkanes) is 19. The van der Waals surface area contributed by atoms with Gasteiger partial charge in [0.1, 0.15) is 0 Å². The molecule has 0 saturated carbocycles. The van der Waals surface area contributed by atoms with Gasteiger partial charge in [-0.1, -0.05) is 142 Å².